The van der Waals surface area contributed by atoms with Gasteiger partial charge in [0.1, 0.15) is 11.9 Å². The number of hydrogen-bond acceptors (Lipinski definition) is 5. The van der Waals surface area contributed by atoms with Gasteiger partial charge in [-0.3, -0.25) is 0 Å². The van der Waals surface area contributed by atoms with Crippen molar-refractivity contribution < 1.29 is 9.47 Å². The molecule has 18 heavy (non-hydrogen) atoms. The molecule has 0 aromatic carbocycles. The minimum atomic E-state index is -0.0382. The first-order chi connectivity index (χ1) is 8.58. The standard InChI is InChI=1S/C13H23N3O2/c1-5-17-8-10(4)18-12-7-15-13(9(2)3)16-11(12)6-14/h7,9-10H,5-6,8,14H2,1-4H3. The lowest BCUT2D eigenvalue weighted by Crippen LogP contribution is -2.21. The lowest BCUT2D eigenvalue weighted by atomic mass is 10.2. The normalized spacial score (nSPS) is 12.8. The molecule has 0 fully saturated rings. The molecule has 102 valence electrons. The van der Waals surface area contributed by atoms with Crippen LogP contribution in [-0.2, 0) is 11.3 Å². The fourth-order valence-corrected chi connectivity index (χ4v) is 1.48. The van der Waals surface area contributed by atoms with Gasteiger partial charge in [0, 0.05) is 19.1 Å². The number of nitrogens with zero attached hydrogens (tertiary/aromatic N) is 2. The van der Waals surface area contributed by atoms with Crippen molar-refractivity contribution in [1.82, 2.24) is 9.97 Å². The first-order valence-electron chi connectivity index (χ1n) is 6.38. The Labute approximate surface area is 109 Å². The Morgan fingerprint density at radius 1 is 1.33 bits per heavy atom. The van der Waals surface area contributed by atoms with Crippen LogP contribution < -0.4 is 10.5 Å². The van der Waals surface area contributed by atoms with Gasteiger partial charge in [-0.05, 0) is 13.8 Å². The zero-order valence-electron chi connectivity index (χ0n) is 11.6. The monoisotopic (exact) mass is 253 g/mol. The summed E-state index contributed by atoms with van der Waals surface area (Å²) in [5.41, 5.74) is 6.44. The summed E-state index contributed by atoms with van der Waals surface area (Å²) >= 11 is 0. The molecule has 1 aromatic heterocycles. The Kier molecular flexibility index (Phi) is 6.01. The zero-order chi connectivity index (χ0) is 13.5. The van der Waals surface area contributed by atoms with Crippen molar-refractivity contribution in [2.45, 2.75) is 46.3 Å². The minimum absolute atomic E-state index is 0.0382. The molecule has 0 saturated carbocycles. The van der Waals surface area contributed by atoms with Crippen molar-refractivity contribution in [3.05, 3.63) is 17.7 Å². The van der Waals surface area contributed by atoms with E-state index in [4.69, 9.17) is 15.2 Å². The van der Waals surface area contributed by atoms with Crippen LogP contribution in [0.25, 0.3) is 0 Å². The zero-order valence-corrected chi connectivity index (χ0v) is 11.6. The van der Waals surface area contributed by atoms with Gasteiger partial charge in [0.25, 0.3) is 0 Å². The van der Waals surface area contributed by atoms with Crippen molar-refractivity contribution in [2.24, 2.45) is 5.73 Å². The third-order valence-electron chi connectivity index (χ3n) is 2.44. The number of rotatable bonds is 7. The Morgan fingerprint density at radius 2 is 2.06 bits per heavy atom. The predicted octanol–water partition coefficient (Wildman–Crippen LogP) is 1.86. The van der Waals surface area contributed by atoms with E-state index >= 15 is 0 Å². The first kappa shape index (κ1) is 14.9. The van der Waals surface area contributed by atoms with Crippen LogP contribution in [0.5, 0.6) is 5.75 Å². The Balaban J connectivity index is 2.76. The molecule has 1 heterocycles. The maximum atomic E-state index is 5.74. The summed E-state index contributed by atoms with van der Waals surface area (Å²) in [6, 6.07) is 0. The SMILES string of the molecule is CCOCC(C)Oc1cnc(C(C)C)nc1CN. The van der Waals surface area contributed by atoms with E-state index in [0.717, 1.165) is 11.5 Å². The average Bonchev–Trinajstić information content (AvgIpc) is 2.36. The Bertz CT molecular complexity index is 369. The van der Waals surface area contributed by atoms with Crippen molar-refractivity contribution in [2.75, 3.05) is 13.2 Å². The molecular weight excluding hydrogens is 230 g/mol. The predicted molar refractivity (Wildman–Crippen MR) is 70.6 cm³/mol. The van der Waals surface area contributed by atoms with Gasteiger partial charge in [0.15, 0.2) is 5.75 Å². The maximum absolute atomic E-state index is 5.74. The summed E-state index contributed by atoms with van der Waals surface area (Å²) in [4.78, 5) is 8.71. The molecule has 0 amide bonds. The fraction of sp³-hybridized carbons (Fsp3) is 0.692. The van der Waals surface area contributed by atoms with Gasteiger partial charge in [-0.1, -0.05) is 13.8 Å². The van der Waals surface area contributed by atoms with Crippen molar-refractivity contribution in [3.63, 3.8) is 0 Å². The highest BCUT2D eigenvalue weighted by atomic mass is 16.5. The van der Waals surface area contributed by atoms with Gasteiger partial charge in [-0.2, -0.15) is 0 Å². The average molecular weight is 253 g/mol. The van der Waals surface area contributed by atoms with Gasteiger partial charge in [-0.15, -0.1) is 0 Å². The van der Waals surface area contributed by atoms with Gasteiger partial charge in [-0.25, -0.2) is 9.97 Å². The molecule has 5 heteroatoms. The summed E-state index contributed by atoms with van der Waals surface area (Å²) < 4.78 is 11.0. The molecule has 2 N–H and O–H groups in total. The summed E-state index contributed by atoms with van der Waals surface area (Å²) in [6.07, 6.45) is 1.66. The van der Waals surface area contributed by atoms with Crippen LogP contribution in [0.3, 0.4) is 0 Å². The largest absolute Gasteiger partial charge is 0.485 e. The smallest absolute Gasteiger partial charge is 0.160 e. The molecule has 1 unspecified atom stereocenters. The molecule has 0 spiro atoms. The lowest BCUT2D eigenvalue weighted by molar-refractivity contribution is 0.0647. The van der Waals surface area contributed by atoms with E-state index in [1.54, 1.807) is 6.20 Å². The molecule has 1 atom stereocenters. The quantitative estimate of drug-likeness (QED) is 0.803. The summed E-state index contributed by atoms with van der Waals surface area (Å²) in [6.45, 7) is 9.58. The molecule has 5 nitrogen and oxygen atoms in total. The van der Waals surface area contributed by atoms with Crippen LogP contribution in [0.2, 0.25) is 0 Å². The molecule has 1 rings (SSSR count). The number of nitrogens with two attached hydrogens (primary N) is 1. The van der Waals surface area contributed by atoms with Crippen LogP contribution in [0.4, 0.5) is 0 Å². The van der Waals surface area contributed by atoms with E-state index in [2.05, 4.69) is 9.97 Å². The second-order valence-electron chi connectivity index (χ2n) is 4.49. The maximum Gasteiger partial charge on any atom is 0.160 e. The van der Waals surface area contributed by atoms with E-state index in [-0.39, 0.29) is 12.0 Å². The molecule has 0 aliphatic rings. The molecule has 0 bridgehead atoms. The third-order valence-corrected chi connectivity index (χ3v) is 2.44. The number of aromatic nitrogens is 2. The second kappa shape index (κ2) is 7.28. The molecule has 0 aliphatic heterocycles. The van der Waals surface area contributed by atoms with Crippen LogP contribution in [0.1, 0.15) is 45.1 Å². The van der Waals surface area contributed by atoms with E-state index in [1.807, 2.05) is 27.7 Å². The molecule has 1 aromatic rings. The molecule has 0 saturated heterocycles. The van der Waals surface area contributed by atoms with E-state index < -0.39 is 0 Å². The van der Waals surface area contributed by atoms with Crippen LogP contribution in [0, 0.1) is 0 Å². The van der Waals surface area contributed by atoms with Crippen molar-refractivity contribution in [3.8, 4) is 5.75 Å². The second-order valence-corrected chi connectivity index (χ2v) is 4.49. The topological polar surface area (TPSA) is 70.3 Å². The van der Waals surface area contributed by atoms with Crippen LogP contribution >= 0.6 is 0 Å². The number of hydrogen-bond donors (Lipinski definition) is 1. The van der Waals surface area contributed by atoms with Gasteiger partial charge < -0.3 is 15.2 Å². The summed E-state index contributed by atoms with van der Waals surface area (Å²) in [7, 11) is 0. The highest BCUT2D eigenvalue weighted by molar-refractivity contribution is 5.25. The van der Waals surface area contributed by atoms with E-state index in [1.165, 1.54) is 0 Å². The Morgan fingerprint density at radius 3 is 2.61 bits per heavy atom. The van der Waals surface area contributed by atoms with E-state index in [9.17, 15) is 0 Å². The summed E-state index contributed by atoms with van der Waals surface area (Å²) in [5, 5.41) is 0. The minimum Gasteiger partial charge on any atom is -0.485 e. The Hall–Kier alpha value is -1.20. The van der Waals surface area contributed by atoms with Gasteiger partial charge in [0.2, 0.25) is 0 Å². The van der Waals surface area contributed by atoms with Crippen molar-refractivity contribution in [1.29, 1.82) is 0 Å². The lowest BCUT2D eigenvalue weighted by Gasteiger charge is -2.17. The van der Waals surface area contributed by atoms with Gasteiger partial charge >= 0.3 is 0 Å². The van der Waals surface area contributed by atoms with E-state index in [0.29, 0.717) is 25.5 Å². The summed E-state index contributed by atoms with van der Waals surface area (Å²) in [5.74, 6) is 1.72. The third kappa shape index (κ3) is 4.23. The van der Waals surface area contributed by atoms with Crippen LogP contribution in [0.15, 0.2) is 6.20 Å². The molecular formula is C13H23N3O2. The highest BCUT2D eigenvalue weighted by Crippen LogP contribution is 2.19. The van der Waals surface area contributed by atoms with Crippen LogP contribution in [-0.4, -0.2) is 29.3 Å². The molecule has 0 radical (unpaired) electrons. The molecule has 0 aliphatic carbocycles. The van der Waals surface area contributed by atoms with Crippen molar-refractivity contribution >= 4 is 0 Å². The fourth-order valence-electron chi connectivity index (χ4n) is 1.48. The highest BCUT2D eigenvalue weighted by Gasteiger charge is 2.12. The van der Waals surface area contributed by atoms with Gasteiger partial charge in [0.05, 0.1) is 18.5 Å². The first-order valence-corrected chi connectivity index (χ1v) is 6.38. The number of ether oxygens (including phenoxy) is 2.